The molecule has 0 amide bonds. The molecule has 1 saturated heterocycles. The van der Waals surface area contributed by atoms with Crippen molar-refractivity contribution in [2.75, 3.05) is 13.1 Å². The molecule has 1 aliphatic heterocycles. The second kappa shape index (κ2) is 6.19. The summed E-state index contributed by atoms with van der Waals surface area (Å²) in [7, 11) is 0. The number of likely N-dealkylation sites (tertiary alicyclic amines) is 1. The smallest absolute Gasteiger partial charge is 0.143 e. The van der Waals surface area contributed by atoms with Gasteiger partial charge in [0.05, 0.1) is 16.4 Å². The van der Waals surface area contributed by atoms with E-state index in [4.69, 9.17) is 5.73 Å². The van der Waals surface area contributed by atoms with Gasteiger partial charge in [-0.25, -0.2) is 9.38 Å². The number of nitrogens with zero attached hydrogens (tertiary/aromatic N) is 2. The first-order valence-corrected chi connectivity index (χ1v) is 5.99. The molecule has 0 spiro atoms. The second-order valence-electron chi connectivity index (χ2n) is 3.55. The Morgan fingerprint density at radius 2 is 2.31 bits per heavy atom. The molecule has 0 bridgehead atoms. The molecule has 0 aromatic carbocycles. The third-order valence-electron chi connectivity index (χ3n) is 2.38. The Labute approximate surface area is 108 Å². The van der Waals surface area contributed by atoms with E-state index in [9.17, 15) is 9.50 Å². The Morgan fingerprint density at radius 1 is 1.62 bits per heavy atom. The highest BCUT2D eigenvalue weighted by Gasteiger charge is 2.28. The van der Waals surface area contributed by atoms with Crippen LogP contribution in [0.25, 0.3) is 0 Å². The van der Waals surface area contributed by atoms with Gasteiger partial charge >= 0.3 is 0 Å². The van der Waals surface area contributed by atoms with E-state index in [1.165, 1.54) is 0 Å². The number of aliphatic imine (C=N–C) groups is 1. The summed E-state index contributed by atoms with van der Waals surface area (Å²) in [6.07, 6.45) is 1.67. The normalized spacial score (nSPS) is 28.1. The molecule has 0 aromatic rings. The minimum absolute atomic E-state index is 0.140. The van der Waals surface area contributed by atoms with Crippen molar-refractivity contribution in [3.05, 3.63) is 21.7 Å². The van der Waals surface area contributed by atoms with E-state index in [0.717, 1.165) is 0 Å². The van der Waals surface area contributed by atoms with Crippen molar-refractivity contribution in [2.45, 2.75) is 18.7 Å². The van der Waals surface area contributed by atoms with Gasteiger partial charge in [-0.3, -0.25) is 0 Å². The van der Waals surface area contributed by atoms with Crippen LogP contribution in [-0.2, 0) is 0 Å². The molecule has 1 rings (SSSR count). The van der Waals surface area contributed by atoms with Crippen LogP contribution in [0.1, 0.15) is 6.42 Å². The van der Waals surface area contributed by atoms with Crippen LogP contribution in [-0.4, -0.2) is 42.1 Å². The predicted molar refractivity (Wildman–Crippen MR) is 71.0 cm³/mol. The Hall–Kier alpha value is -0.630. The first-order valence-electron chi connectivity index (χ1n) is 4.91. The Morgan fingerprint density at radius 3 is 2.81 bits per heavy atom. The zero-order chi connectivity index (χ0) is 12.1. The third-order valence-corrected chi connectivity index (χ3v) is 2.74. The van der Waals surface area contributed by atoms with Crippen LogP contribution in [0.4, 0.5) is 4.39 Å². The van der Waals surface area contributed by atoms with Gasteiger partial charge in [0.1, 0.15) is 12.0 Å². The van der Waals surface area contributed by atoms with Crippen LogP contribution in [0.5, 0.6) is 0 Å². The fourth-order valence-corrected chi connectivity index (χ4v) is 1.69. The second-order valence-corrected chi connectivity index (χ2v) is 4.80. The highest BCUT2D eigenvalue weighted by atomic mass is 127. The monoisotopic (exact) mass is 339 g/mol. The van der Waals surface area contributed by atoms with Gasteiger partial charge < -0.3 is 15.7 Å². The fourth-order valence-electron chi connectivity index (χ4n) is 1.51. The molecule has 0 unspecified atom stereocenters. The predicted octanol–water partition coefficient (Wildman–Crippen LogP) is 1.17. The number of aliphatic hydroxyl groups excluding tert-OH is 1. The number of aliphatic hydroxyl groups is 1. The summed E-state index contributed by atoms with van der Waals surface area (Å²) in [4.78, 5) is 5.58. The molecule has 0 aliphatic carbocycles. The molecule has 90 valence electrons. The Bertz CT molecular complexity index is 315. The number of hydrogen-bond acceptors (Lipinski definition) is 4. The van der Waals surface area contributed by atoms with Crippen LogP contribution in [0.15, 0.2) is 26.7 Å². The zero-order valence-electron chi connectivity index (χ0n) is 8.81. The van der Waals surface area contributed by atoms with Crippen molar-refractivity contribution >= 4 is 29.3 Å². The number of allylic oxidation sites excluding steroid dienone is 2. The van der Waals surface area contributed by atoms with Gasteiger partial charge in [0.25, 0.3) is 0 Å². The van der Waals surface area contributed by atoms with E-state index < -0.39 is 12.3 Å². The molecule has 0 saturated carbocycles. The summed E-state index contributed by atoms with van der Waals surface area (Å²) in [5.74, 6) is 0.578. The van der Waals surface area contributed by atoms with E-state index in [2.05, 4.69) is 11.7 Å². The average molecular weight is 339 g/mol. The van der Waals surface area contributed by atoms with Crippen molar-refractivity contribution in [3.8, 4) is 0 Å². The number of hydrogen-bond donors (Lipinski definition) is 2. The first-order chi connectivity index (χ1) is 7.54. The van der Waals surface area contributed by atoms with Crippen molar-refractivity contribution in [1.82, 2.24) is 4.90 Å². The van der Waals surface area contributed by atoms with Gasteiger partial charge in [0.2, 0.25) is 0 Å². The molecule has 0 radical (unpaired) electrons. The SMILES string of the molecule is C=N/C(=C\C=C(/N)I)N1CC[C@@H](O)[C@H](F)C1. The largest absolute Gasteiger partial charge is 0.394 e. The number of alkyl halides is 1. The van der Waals surface area contributed by atoms with Crippen molar-refractivity contribution in [3.63, 3.8) is 0 Å². The van der Waals surface area contributed by atoms with Crippen LogP contribution in [0.3, 0.4) is 0 Å². The van der Waals surface area contributed by atoms with Gasteiger partial charge in [-0.2, -0.15) is 0 Å². The minimum Gasteiger partial charge on any atom is -0.394 e. The van der Waals surface area contributed by atoms with Gasteiger partial charge in [-0.15, -0.1) is 0 Å². The number of halogens is 2. The highest BCUT2D eigenvalue weighted by Crippen LogP contribution is 2.18. The zero-order valence-corrected chi connectivity index (χ0v) is 11.0. The first kappa shape index (κ1) is 13.4. The summed E-state index contributed by atoms with van der Waals surface area (Å²) >= 11 is 1.97. The quantitative estimate of drug-likeness (QED) is 0.351. The lowest BCUT2D eigenvalue weighted by Crippen LogP contribution is -2.43. The molecule has 6 heteroatoms. The summed E-state index contributed by atoms with van der Waals surface area (Å²) in [6, 6.07) is 0. The van der Waals surface area contributed by atoms with Crippen molar-refractivity contribution in [2.24, 2.45) is 10.7 Å². The highest BCUT2D eigenvalue weighted by molar-refractivity contribution is 14.1. The minimum atomic E-state index is -1.24. The van der Waals surface area contributed by atoms with E-state index >= 15 is 0 Å². The van der Waals surface area contributed by atoms with Crippen LogP contribution in [0, 0.1) is 0 Å². The topological polar surface area (TPSA) is 61.8 Å². The maximum atomic E-state index is 13.3. The molecule has 3 N–H and O–H groups in total. The van der Waals surface area contributed by atoms with Crippen LogP contribution >= 0.6 is 22.6 Å². The molecule has 16 heavy (non-hydrogen) atoms. The summed E-state index contributed by atoms with van der Waals surface area (Å²) in [5, 5.41) is 9.27. The number of nitrogens with two attached hydrogens (primary N) is 1. The standard InChI is InChI=1S/C10H15FIN3O/c1-14-10(3-2-9(12)13)15-5-4-8(16)7(11)6-15/h2-3,7-8,16H,1,4-6,13H2/b9-2-,10-3+/t7-,8-/m1/s1. The summed E-state index contributed by atoms with van der Waals surface area (Å²) in [5.41, 5.74) is 5.48. The van der Waals surface area contributed by atoms with Gasteiger partial charge in [-0.1, -0.05) is 0 Å². The van der Waals surface area contributed by atoms with Crippen LogP contribution < -0.4 is 5.73 Å². The third kappa shape index (κ3) is 3.75. The van der Waals surface area contributed by atoms with E-state index in [1.807, 2.05) is 22.6 Å². The molecule has 0 aromatic heterocycles. The molecular formula is C10H15FIN3O. The fraction of sp³-hybridized carbons (Fsp3) is 0.500. The van der Waals surface area contributed by atoms with Crippen molar-refractivity contribution < 1.29 is 9.50 Å². The number of piperidine rings is 1. The maximum Gasteiger partial charge on any atom is 0.143 e. The van der Waals surface area contributed by atoms with E-state index in [-0.39, 0.29) is 6.54 Å². The van der Waals surface area contributed by atoms with Gasteiger partial charge in [-0.05, 0) is 47.9 Å². The molecule has 1 fully saturated rings. The van der Waals surface area contributed by atoms with E-state index in [0.29, 0.717) is 22.5 Å². The Balaban J connectivity index is 2.71. The van der Waals surface area contributed by atoms with Gasteiger partial charge in [0, 0.05) is 6.54 Å². The summed E-state index contributed by atoms with van der Waals surface area (Å²) in [6.45, 7) is 4.15. The van der Waals surface area contributed by atoms with Crippen LogP contribution in [0.2, 0.25) is 0 Å². The molecule has 2 atom stereocenters. The average Bonchev–Trinajstić information content (AvgIpc) is 2.23. The molecule has 4 nitrogen and oxygen atoms in total. The Kier molecular flexibility index (Phi) is 5.20. The van der Waals surface area contributed by atoms with E-state index in [1.54, 1.807) is 17.1 Å². The molecular weight excluding hydrogens is 324 g/mol. The lowest BCUT2D eigenvalue weighted by molar-refractivity contribution is 0.0170. The molecule has 1 heterocycles. The number of rotatable bonds is 3. The summed E-state index contributed by atoms with van der Waals surface area (Å²) < 4.78 is 13.9. The van der Waals surface area contributed by atoms with Gasteiger partial charge in [0.15, 0.2) is 0 Å². The van der Waals surface area contributed by atoms with Crippen molar-refractivity contribution in [1.29, 1.82) is 0 Å². The molecule has 1 aliphatic rings. The lowest BCUT2D eigenvalue weighted by Gasteiger charge is -2.33. The maximum absolute atomic E-state index is 13.3. The lowest BCUT2D eigenvalue weighted by atomic mass is 10.1.